The van der Waals surface area contributed by atoms with Gasteiger partial charge in [0, 0.05) is 48.7 Å². The monoisotopic (exact) mass is 570 g/mol. The zero-order chi connectivity index (χ0) is 29.2. The first kappa shape index (κ1) is 26.1. The Morgan fingerprint density at radius 2 is 1.88 bits per heavy atom. The number of nitrogens with zero attached hydrogens (tertiary/aromatic N) is 3. The van der Waals surface area contributed by atoms with Crippen molar-refractivity contribution < 1.29 is 18.3 Å². The number of fused-ring (bicyclic) bond motifs is 1. The van der Waals surface area contributed by atoms with Crippen LogP contribution in [0.25, 0.3) is 16.7 Å². The Morgan fingerprint density at radius 1 is 1.10 bits per heavy atom. The molecule has 3 N–H and O–H groups in total. The van der Waals surface area contributed by atoms with E-state index in [1.54, 1.807) is 26.2 Å². The number of aromatic amines is 1. The number of rotatable bonds is 6. The average molecular weight is 571 g/mol. The van der Waals surface area contributed by atoms with E-state index in [4.69, 9.17) is 4.74 Å². The fourth-order valence-electron chi connectivity index (χ4n) is 5.86. The molecule has 11 heteroatoms. The highest BCUT2D eigenvalue weighted by Gasteiger charge is 2.48. The van der Waals surface area contributed by atoms with Crippen molar-refractivity contribution in [2.45, 2.75) is 37.6 Å². The van der Waals surface area contributed by atoms with Gasteiger partial charge in [-0.3, -0.25) is 14.3 Å². The molecular formula is C31H28F2N6O3. The van der Waals surface area contributed by atoms with Gasteiger partial charge in [-0.2, -0.15) is 0 Å². The molecule has 214 valence electrons. The second kappa shape index (κ2) is 9.66. The van der Waals surface area contributed by atoms with Gasteiger partial charge in [0.1, 0.15) is 22.8 Å². The van der Waals surface area contributed by atoms with Crippen LogP contribution in [0.15, 0.2) is 65.6 Å². The number of halogens is 2. The number of hydrogen-bond donors (Lipinski definition) is 3. The minimum Gasteiger partial charge on any atom is -0.453 e. The second-order valence-electron chi connectivity index (χ2n) is 11.1. The molecule has 7 rings (SSSR count). The first-order valence-corrected chi connectivity index (χ1v) is 13.8. The molecule has 1 saturated carbocycles. The van der Waals surface area contributed by atoms with Gasteiger partial charge >= 0.3 is 0 Å². The number of pyridine rings is 1. The largest absolute Gasteiger partial charge is 0.453 e. The third-order valence-electron chi connectivity index (χ3n) is 8.43. The molecule has 1 aliphatic carbocycles. The maximum Gasteiger partial charge on any atom is 0.284 e. The third kappa shape index (κ3) is 4.46. The summed E-state index contributed by atoms with van der Waals surface area (Å²) in [6, 6.07) is 13.2. The lowest BCUT2D eigenvalue weighted by Crippen LogP contribution is -2.25. The minimum atomic E-state index is -0.688. The molecule has 2 aliphatic rings. The zero-order valence-corrected chi connectivity index (χ0v) is 23.0. The van der Waals surface area contributed by atoms with Crippen LogP contribution in [0.2, 0.25) is 0 Å². The molecule has 4 heterocycles. The van der Waals surface area contributed by atoms with Crippen LogP contribution in [0.1, 0.15) is 46.9 Å². The molecular weight excluding hydrogens is 542 g/mol. The molecule has 9 nitrogen and oxygen atoms in total. The summed E-state index contributed by atoms with van der Waals surface area (Å²) in [6.45, 7) is 2.54. The van der Waals surface area contributed by atoms with E-state index in [1.807, 2.05) is 6.07 Å². The van der Waals surface area contributed by atoms with Gasteiger partial charge in [-0.15, -0.1) is 0 Å². The van der Waals surface area contributed by atoms with Gasteiger partial charge in [-0.25, -0.2) is 18.4 Å². The highest BCUT2D eigenvalue weighted by molar-refractivity contribution is 6.05. The fraction of sp³-hybridized carbons (Fsp3) is 0.258. The van der Waals surface area contributed by atoms with Crippen LogP contribution in [0.4, 0.5) is 14.5 Å². The van der Waals surface area contributed by atoms with E-state index >= 15 is 4.39 Å². The summed E-state index contributed by atoms with van der Waals surface area (Å²) in [6.07, 6.45) is 5.12. The Labute approximate surface area is 239 Å². The number of ether oxygens (including phenoxy) is 1. The number of amides is 1. The molecule has 0 radical (unpaired) electrons. The van der Waals surface area contributed by atoms with Crippen LogP contribution in [-0.4, -0.2) is 37.3 Å². The molecule has 1 atom stereocenters. The van der Waals surface area contributed by atoms with Crippen LogP contribution in [0.5, 0.6) is 11.5 Å². The molecule has 5 aromatic rings. The number of aromatic nitrogens is 4. The molecule has 1 saturated heterocycles. The van der Waals surface area contributed by atoms with E-state index in [2.05, 4.69) is 20.6 Å². The number of H-pyrrole nitrogens is 1. The second-order valence-corrected chi connectivity index (χ2v) is 11.1. The van der Waals surface area contributed by atoms with Crippen LogP contribution in [0, 0.1) is 18.6 Å². The Hall–Kier alpha value is -4.77. The van der Waals surface area contributed by atoms with Gasteiger partial charge in [-0.1, -0.05) is 0 Å². The van der Waals surface area contributed by atoms with E-state index in [-0.39, 0.29) is 17.0 Å². The molecule has 42 heavy (non-hydrogen) atoms. The van der Waals surface area contributed by atoms with Gasteiger partial charge in [0.25, 0.3) is 11.5 Å². The van der Waals surface area contributed by atoms with E-state index in [0.29, 0.717) is 34.2 Å². The summed E-state index contributed by atoms with van der Waals surface area (Å²) < 4.78 is 37.3. The topological polar surface area (TPSA) is 106 Å². The van der Waals surface area contributed by atoms with E-state index in [9.17, 15) is 14.0 Å². The standard InChI is InChI=1S/C31H28F2N6O3/c1-17-27(30(41)39(38(17)2)21-6-3-19(32)4-7-21)29(40)36-20-5-8-26(23(33)13-20)42-25-9-12-34-28-22(25)14-24(37-28)18-15-31(10-11-31)35-16-18/h3-9,12-14,18,35H,10-11,15-16H2,1-2H3,(H,34,37)(H,36,40). The molecule has 3 aromatic heterocycles. The predicted molar refractivity (Wildman–Crippen MR) is 154 cm³/mol. The highest BCUT2D eigenvalue weighted by atomic mass is 19.1. The normalized spacial score (nSPS) is 17.2. The number of nitrogens with one attached hydrogen (secondary N) is 3. The smallest absolute Gasteiger partial charge is 0.284 e. The van der Waals surface area contributed by atoms with E-state index in [1.165, 1.54) is 58.6 Å². The number of anilines is 1. The van der Waals surface area contributed by atoms with Crippen LogP contribution in [0.3, 0.4) is 0 Å². The summed E-state index contributed by atoms with van der Waals surface area (Å²) in [7, 11) is 1.63. The van der Waals surface area contributed by atoms with Crippen molar-refractivity contribution in [1.29, 1.82) is 0 Å². The summed E-state index contributed by atoms with van der Waals surface area (Å²) >= 11 is 0. The Balaban J connectivity index is 1.11. The molecule has 0 bridgehead atoms. The molecule has 1 amide bonds. The minimum absolute atomic E-state index is 0.0164. The molecule has 1 spiro atoms. The van der Waals surface area contributed by atoms with Crippen molar-refractivity contribution in [3.05, 3.63) is 99.7 Å². The van der Waals surface area contributed by atoms with Crippen molar-refractivity contribution in [2.75, 3.05) is 11.9 Å². The fourth-order valence-corrected chi connectivity index (χ4v) is 5.86. The SMILES string of the molecule is Cc1c(C(=O)Nc2ccc(Oc3ccnc4[nH]c(C5CNC6(CC6)C5)cc34)c(F)c2)c(=O)n(-c2ccc(F)cc2)n1C. The van der Waals surface area contributed by atoms with Crippen LogP contribution in [-0.2, 0) is 7.05 Å². The van der Waals surface area contributed by atoms with Crippen molar-refractivity contribution in [1.82, 2.24) is 24.6 Å². The predicted octanol–water partition coefficient (Wildman–Crippen LogP) is 5.29. The van der Waals surface area contributed by atoms with Crippen molar-refractivity contribution in [3.63, 3.8) is 0 Å². The maximum atomic E-state index is 15.2. The molecule has 1 unspecified atom stereocenters. The van der Waals surface area contributed by atoms with Gasteiger partial charge in [-0.05, 0) is 74.7 Å². The quantitative estimate of drug-likeness (QED) is 0.257. The van der Waals surface area contributed by atoms with Gasteiger partial charge in [0.15, 0.2) is 11.6 Å². The third-order valence-corrected chi connectivity index (χ3v) is 8.43. The van der Waals surface area contributed by atoms with Crippen molar-refractivity contribution >= 4 is 22.6 Å². The van der Waals surface area contributed by atoms with Crippen molar-refractivity contribution in [2.24, 2.45) is 7.05 Å². The first-order valence-electron chi connectivity index (χ1n) is 13.8. The van der Waals surface area contributed by atoms with Crippen LogP contribution < -0.4 is 20.9 Å². The number of carbonyl (C=O) groups excluding carboxylic acids is 1. The average Bonchev–Trinajstić information content (AvgIpc) is 3.27. The molecule has 2 fully saturated rings. The van der Waals surface area contributed by atoms with Gasteiger partial charge < -0.3 is 20.4 Å². The molecule has 1 aliphatic heterocycles. The van der Waals surface area contributed by atoms with Gasteiger partial charge in [0.2, 0.25) is 0 Å². The lowest BCUT2D eigenvalue weighted by Gasteiger charge is -2.10. The van der Waals surface area contributed by atoms with E-state index < -0.39 is 23.1 Å². The summed E-state index contributed by atoms with van der Waals surface area (Å²) in [5.74, 6) is -1.000. The lowest BCUT2D eigenvalue weighted by molar-refractivity contribution is 0.102. The molecule has 2 aromatic carbocycles. The van der Waals surface area contributed by atoms with Gasteiger partial charge in [0.05, 0.1) is 16.8 Å². The van der Waals surface area contributed by atoms with Crippen LogP contribution >= 0.6 is 0 Å². The highest BCUT2D eigenvalue weighted by Crippen LogP contribution is 2.48. The maximum absolute atomic E-state index is 15.2. The number of hydrogen-bond acceptors (Lipinski definition) is 5. The Morgan fingerprint density at radius 3 is 2.60 bits per heavy atom. The zero-order valence-electron chi connectivity index (χ0n) is 23.0. The first-order chi connectivity index (χ1) is 20.2. The number of carbonyl (C=O) groups is 1. The lowest BCUT2D eigenvalue weighted by atomic mass is 10.0. The van der Waals surface area contributed by atoms with Crippen molar-refractivity contribution in [3.8, 4) is 17.2 Å². The summed E-state index contributed by atoms with van der Waals surface area (Å²) in [5.41, 5.74) is 2.34. The Kier molecular flexibility index (Phi) is 6.01. The van der Waals surface area contributed by atoms with E-state index in [0.717, 1.165) is 30.1 Å². The Bertz CT molecular complexity index is 1920. The summed E-state index contributed by atoms with van der Waals surface area (Å²) in [4.78, 5) is 34.1. The summed E-state index contributed by atoms with van der Waals surface area (Å²) in [5, 5.41) is 7.00. The number of benzene rings is 2.